The summed E-state index contributed by atoms with van der Waals surface area (Å²) in [5, 5.41) is 0. The predicted octanol–water partition coefficient (Wildman–Crippen LogP) is 4.17. The monoisotopic (exact) mass is 363 g/mol. The fourth-order valence-corrected chi connectivity index (χ4v) is 6.66. The second-order valence-corrected chi connectivity index (χ2v) is 10.1. The van der Waals surface area contributed by atoms with Gasteiger partial charge in [-0.05, 0) is 54.7 Å². The molecule has 2 atom stereocenters. The molecular weight excluding hydrogens is 334 g/mol. The van der Waals surface area contributed by atoms with Crippen LogP contribution in [0.25, 0.3) is 0 Å². The number of Topliss-reactive ketones (excluding diaryl/α,β-unsaturated/α-hetero) is 1. The molecule has 0 spiro atoms. The molecule has 1 N–H and O–H groups in total. The molecule has 1 aromatic carbocycles. The van der Waals surface area contributed by atoms with Gasteiger partial charge >= 0.3 is 0 Å². The van der Waals surface area contributed by atoms with Crippen molar-refractivity contribution in [3.63, 3.8) is 0 Å². The predicted molar refractivity (Wildman–Crippen MR) is 101 cm³/mol. The first-order valence-corrected chi connectivity index (χ1v) is 11.0. The molecule has 3 rings (SSSR count). The summed E-state index contributed by atoms with van der Waals surface area (Å²) in [7, 11) is -3.57. The van der Waals surface area contributed by atoms with E-state index >= 15 is 0 Å². The van der Waals surface area contributed by atoms with E-state index in [1.165, 1.54) is 5.56 Å². The third-order valence-corrected chi connectivity index (χ3v) is 8.04. The quantitative estimate of drug-likeness (QED) is 0.791. The fourth-order valence-electron chi connectivity index (χ4n) is 4.77. The summed E-state index contributed by atoms with van der Waals surface area (Å²) in [4.78, 5) is 12.6. The number of unbranched alkanes of at least 4 members (excludes halogenated alkanes) is 1. The van der Waals surface area contributed by atoms with Gasteiger partial charge < -0.3 is 0 Å². The van der Waals surface area contributed by atoms with Gasteiger partial charge in [0, 0.05) is 12.1 Å². The fraction of sp³-hybridized carbons (Fsp3) is 0.650. The highest BCUT2D eigenvalue weighted by molar-refractivity contribution is 7.92. The van der Waals surface area contributed by atoms with Crippen LogP contribution in [0.15, 0.2) is 24.3 Å². The SMILES string of the molecule is CCCCc1ccc(NS(=O)(=O)C[C@@]23CC[C@H](CC2=O)C3(C)C)cc1. The van der Waals surface area contributed by atoms with Crippen LogP contribution in [0, 0.1) is 16.7 Å². The lowest BCUT2D eigenvalue weighted by Gasteiger charge is -2.36. The van der Waals surface area contributed by atoms with Gasteiger partial charge in [-0.25, -0.2) is 8.42 Å². The van der Waals surface area contributed by atoms with Crippen molar-refractivity contribution >= 4 is 21.5 Å². The van der Waals surface area contributed by atoms with Gasteiger partial charge in [-0.1, -0.05) is 39.3 Å². The molecule has 2 aliphatic rings. The molecule has 0 saturated heterocycles. The van der Waals surface area contributed by atoms with Crippen molar-refractivity contribution < 1.29 is 13.2 Å². The third kappa shape index (κ3) is 3.23. The van der Waals surface area contributed by atoms with Crippen molar-refractivity contribution in [1.82, 2.24) is 0 Å². The minimum Gasteiger partial charge on any atom is -0.299 e. The summed E-state index contributed by atoms with van der Waals surface area (Å²) in [6.45, 7) is 6.28. The van der Waals surface area contributed by atoms with E-state index in [0.717, 1.165) is 25.7 Å². The van der Waals surface area contributed by atoms with Crippen LogP contribution >= 0.6 is 0 Å². The molecule has 2 saturated carbocycles. The van der Waals surface area contributed by atoms with Gasteiger partial charge in [0.2, 0.25) is 10.0 Å². The van der Waals surface area contributed by atoms with Crippen molar-refractivity contribution in [2.75, 3.05) is 10.5 Å². The number of fused-ring (bicyclic) bond motifs is 2. The Labute approximate surface area is 151 Å². The summed E-state index contributed by atoms with van der Waals surface area (Å²) < 4.78 is 28.2. The average molecular weight is 364 g/mol. The zero-order valence-corrected chi connectivity index (χ0v) is 16.3. The van der Waals surface area contributed by atoms with Crippen LogP contribution in [-0.2, 0) is 21.2 Å². The molecule has 5 heteroatoms. The first-order chi connectivity index (χ1) is 11.7. The van der Waals surface area contributed by atoms with Crippen molar-refractivity contribution in [1.29, 1.82) is 0 Å². The van der Waals surface area contributed by atoms with E-state index < -0.39 is 15.4 Å². The van der Waals surface area contributed by atoms with Crippen LogP contribution in [0.2, 0.25) is 0 Å². The van der Waals surface area contributed by atoms with E-state index in [1.54, 1.807) is 0 Å². The van der Waals surface area contributed by atoms with E-state index in [-0.39, 0.29) is 17.0 Å². The first-order valence-electron chi connectivity index (χ1n) is 9.33. The van der Waals surface area contributed by atoms with E-state index in [4.69, 9.17) is 0 Å². The molecule has 0 heterocycles. The lowest BCUT2D eigenvalue weighted by atomic mass is 9.70. The summed E-state index contributed by atoms with van der Waals surface area (Å²) in [6, 6.07) is 7.59. The highest BCUT2D eigenvalue weighted by Gasteiger charge is 2.65. The van der Waals surface area contributed by atoms with Crippen LogP contribution in [0.1, 0.15) is 58.4 Å². The average Bonchev–Trinajstić information content (AvgIpc) is 2.87. The van der Waals surface area contributed by atoms with Gasteiger partial charge in [0.1, 0.15) is 5.78 Å². The maximum Gasteiger partial charge on any atom is 0.233 e. The number of ketones is 1. The molecule has 0 amide bonds. The van der Waals surface area contributed by atoms with Gasteiger partial charge in [0.15, 0.2) is 0 Å². The summed E-state index contributed by atoms with van der Waals surface area (Å²) in [5.41, 5.74) is 0.844. The van der Waals surface area contributed by atoms with Crippen molar-refractivity contribution in [3.05, 3.63) is 29.8 Å². The minimum absolute atomic E-state index is 0.0973. The molecule has 4 nitrogen and oxygen atoms in total. The van der Waals surface area contributed by atoms with Crippen LogP contribution in [0.4, 0.5) is 5.69 Å². The Morgan fingerprint density at radius 3 is 2.40 bits per heavy atom. The molecule has 2 aliphatic carbocycles. The highest BCUT2D eigenvalue weighted by Crippen LogP contribution is 2.64. The topological polar surface area (TPSA) is 63.2 Å². The normalized spacial score (nSPS) is 27.6. The largest absolute Gasteiger partial charge is 0.299 e. The van der Waals surface area contributed by atoms with Crippen LogP contribution in [-0.4, -0.2) is 20.0 Å². The van der Waals surface area contributed by atoms with E-state index in [1.807, 2.05) is 24.3 Å². The van der Waals surface area contributed by atoms with E-state index in [9.17, 15) is 13.2 Å². The second-order valence-electron chi connectivity index (χ2n) is 8.33. The summed E-state index contributed by atoms with van der Waals surface area (Å²) in [6.07, 6.45) is 5.47. The van der Waals surface area contributed by atoms with Crippen molar-refractivity contribution in [2.24, 2.45) is 16.7 Å². The number of carbonyl (C=O) groups excluding carboxylic acids is 1. The number of nitrogens with one attached hydrogen (secondary N) is 1. The molecule has 0 aliphatic heterocycles. The number of sulfonamides is 1. The molecule has 2 fully saturated rings. The first kappa shape index (κ1) is 18.4. The number of benzene rings is 1. The Balaban J connectivity index is 1.73. The lowest BCUT2D eigenvalue weighted by Crippen LogP contribution is -2.43. The molecule has 1 aromatic rings. The molecule has 0 radical (unpaired) electrons. The summed E-state index contributed by atoms with van der Waals surface area (Å²) in [5.74, 6) is 0.363. The number of anilines is 1. The number of carbonyl (C=O) groups is 1. The summed E-state index contributed by atoms with van der Waals surface area (Å²) >= 11 is 0. The number of rotatable bonds is 7. The maximum atomic E-state index is 12.8. The van der Waals surface area contributed by atoms with Gasteiger partial charge in [-0.3, -0.25) is 9.52 Å². The van der Waals surface area contributed by atoms with Crippen molar-refractivity contribution in [3.8, 4) is 0 Å². The Morgan fingerprint density at radius 1 is 1.20 bits per heavy atom. The Bertz CT molecular complexity index is 752. The van der Waals surface area contributed by atoms with Gasteiger partial charge in [-0.15, -0.1) is 0 Å². The minimum atomic E-state index is -3.57. The standard InChI is InChI=1S/C20H29NO3S/c1-4-5-6-15-7-9-17(10-8-15)21-25(23,24)14-20-12-11-16(13-18(20)22)19(20,2)3/h7-10,16,21H,4-6,11-14H2,1-3H3/t16-,20+/m1/s1. The molecule has 0 aromatic heterocycles. The van der Waals surface area contributed by atoms with Gasteiger partial charge in [0.05, 0.1) is 11.2 Å². The highest BCUT2D eigenvalue weighted by atomic mass is 32.2. The molecular formula is C20H29NO3S. The van der Waals surface area contributed by atoms with Crippen molar-refractivity contribution in [2.45, 2.75) is 59.3 Å². The molecule has 25 heavy (non-hydrogen) atoms. The van der Waals surface area contributed by atoms with E-state index in [2.05, 4.69) is 25.5 Å². The Morgan fingerprint density at radius 2 is 1.88 bits per heavy atom. The van der Waals surface area contributed by atoms with E-state index in [0.29, 0.717) is 24.4 Å². The Kier molecular flexibility index (Phi) is 4.73. The molecule has 0 unspecified atom stereocenters. The zero-order valence-electron chi connectivity index (χ0n) is 15.5. The molecule has 138 valence electrons. The number of hydrogen-bond acceptors (Lipinski definition) is 3. The Hall–Kier alpha value is -1.36. The van der Waals surface area contributed by atoms with Crippen LogP contribution in [0.5, 0.6) is 0 Å². The zero-order chi connectivity index (χ0) is 18.3. The smallest absolute Gasteiger partial charge is 0.233 e. The third-order valence-electron chi connectivity index (χ3n) is 6.62. The maximum absolute atomic E-state index is 12.8. The number of hydrogen-bond donors (Lipinski definition) is 1. The van der Waals surface area contributed by atoms with Crippen LogP contribution < -0.4 is 4.72 Å². The van der Waals surface area contributed by atoms with Gasteiger partial charge in [0.25, 0.3) is 0 Å². The number of aryl methyl sites for hydroxylation is 1. The van der Waals surface area contributed by atoms with Gasteiger partial charge in [-0.2, -0.15) is 0 Å². The second kappa shape index (κ2) is 6.42. The lowest BCUT2D eigenvalue weighted by molar-refractivity contribution is -0.128. The van der Waals surface area contributed by atoms with Crippen LogP contribution in [0.3, 0.4) is 0 Å². The molecule has 2 bridgehead atoms.